The molecule has 0 spiro atoms. The first kappa shape index (κ1) is 12.8. The molecule has 0 amide bonds. The monoisotopic (exact) mass is 241 g/mol. The molecule has 1 rings (SSSR count). The lowest BCUT2D eigenvalue weighted by Gasteiger charge is -2.20. The average molecular weight is 241 g/mol. The summed E-state index contributed by atoms with van der Waals surface area (Å²) in [6.07, 6.45) is 3.57. The third-order valence-electron chi connectivity index (χ3n) is 2.14. The summed E-state index contributed by atoms with van der Waals surface area (Å²) in [5.74, 6) is -0.0132. The van der Waals surface area contributed by atoms with Crippen molar-refractivity contribution in [2.24, 2.45) is 0 Å². The molecule has 0 atom stereocenters. The largest absolute Gasteiger partial charge is 0.481 e. The molecular formula is C10H15N3O2S. The number of hydrogen-bond acceptors (Lipinski definition) is 5. The maximum Gasteiger partial charge on any atom is 0.305 e. The maximum atomic E-state index is 10.5. The molecule has 88 valence electrons. The summed E-state index contributed by atoms with van der Waals surface area (Å²) in [5.41, 5.74) is 0. The van der Waals surface area contributed by atoms with Crippen molar-refractivity contribution in [1.29, 1.82) is 0 Å². The van der Waals surface area contributed by atoms with E-state index in [1.54, 1.807) is 11.8 Å². The van der Waals surface area contributed by atoms with E-state index in [2.05, 4.69) is 9.97 Å². The quantitative estimate of drug-likeness (QED) is 0.601. The van der Waals surface area contributed by atoms with E-state index in [4.69, 9.17) is 5.11 Å². The number of nitrogens with zero attached hydrogens (tertiary/aromatic N) is 3. The van der Waals surface area contributed by atoms with Gasteiger partial charge in [0.05, 0.1) is 6.42 Å². The van der Waals surface area contributed by atoms with E-state index in [1.165, 1.54) is 6.33 Å². The molecule has 0 bridgehead atoms. The molecule has 1 aromatic heterocycles. The van der Waals surface area contributed by atoms with Gasteiger partial charge in [0.15, 0.2) is 0 Å². The Kier molecular flexibility index (Phi) is 5.04. The molecule has 0 aromatic carbocycles. The smallest absolute Gasteiger partial charge is 0.305 e. The highest BCUT2D eigenvalue weighted by Crippen LogP contribution is 2.17. The SMILES string of the molecule is CCN(CCC(=O)O)c1cc(SC)ncn1. The van der Waals surface area contributed by atoms with Gasteiger partial charge >= 0.3 is 5.97 Å². The van der Waals surface area contributed by atoms with Crippen LogP contribution in [0, 0.1) is 0 Å². The van der Waals surface area contributed by atoms with Crippen LogP contribution in [0.15, 0.2) is 17.4 Å². The summed E-state index contributed by atoms with van der Waals surface area (Å²) >= 11 is 1.54. The van der Waals surface area contributed by atoms with E-state index in [1.807, 2.05) is 24.1 Å². The summed E-state index contributed by atoms with van der Waals surface area (Å²) < 4.78 is 0. The van der Waals surface area contributed by atoms with Crippen LogP contribution in [0.2, 0.25) is 0 Å². The Bertz CT molecular complexity index is 360. The molecule has 1 heterocycles. The Labute approximate surface area is 98.9 Å². The van der Waals surface area contributed by atoms with E-state index in [0.717, 1.165) is 17.4 Å². The third kappa shape index (κ3) is 3.69. The van der Waals surface area contributed by atoms with Crippen molar-refractivity contribution in [3.63, 3.8) is 0 Å². The minimum Gasteiger partial charge on any atom is -0.481 e. The fraction of sp³-hybridized carbons (Fsp3) is 0.500. The van der Waals surface area contributed by atoms with Crippen LogP contribution >= 0.6 is 11.8 Å². The molecule has 0 aliphatic heterocycles. The lowest BCUT2D eigenvalue weighted by molar-refractivity contribution is -0.136. The molecule has 1 aromatic rings. The summed E-state index contributed by atoms with van der Waals surface area (Å²) in [6, 6.07) is 1.87. The zero-order valence-corrected chi connectivity index (χ0v) is 10.2. The zero-order valence-electron chi connectivity index (χ0n) is 9.38. The van der Waals surface area contributed by atoms with Gasteiger partial charge in [-0.25, -0.2) is 9.97 Å². The van der Waals surface area contributed by atoms with Gasteiger partial charge in [0, 0.05) is 19.2 Å². The van der Waals surface area contributed by atoms with Crippen molar-refractivity contribution in [3.8, 4) is 0 Å². The van der Waals surface area contributed by atoms with Gasteiger partial charge in [0.25, 0.3) is 0 Å². The number of carbonyl (C=O) groups is 1. The molecular weight excluding hydrogens is 226 g/mol. The highest BCUT2D eigenvalue weighted by molar-refractivity contribution is 7.98. The fourth-order valence-corrected chi connectivity index (χ4v) is 1.66. The summed E-state index contributed by atoms with van der Waals surface area (Å²) in [7, 11) is 0. The van der Waals surface area contributed by atoms with Gasteiger partial charge in [-0.1, -0.05) is 0 Å². The Morgan fingerprint density at radius 1 is 1.56 bits per heavy atom. The second-order valence-corrected chi connectivity index (χ2v) is 3.97. The van der Waals surface area contributed by atoms with Crippen LogP contribution in [0.25, 0.3) is 0 Å². The highest BCUT2D eigenvalue weighted by Gasteiger charge is 2.08. The van der Waals surface area contributed by atoms with Crippen molar-refractivity contribution in [3.05, 3.63) is 12.4 Å². The van der Waals surface area contributed by atoms with Crippen LogP contribution in [0.4, 0.5) is 5.82 Å². The Morgan fingerprint density at radius 2 is 2.31 bits per heavy atom. The number of carboxylic acid groups (broad SMARTS) is 1. The Hall–Kier alpha value is -1.30. The lowest BCUT2D eigenvalue weighted by Crippen LogP contribution is -2.26. The van der Waals surface area contributed by atoms with E-state index >= 15 is 0 Å². The van der Waals surface area contributed by atoms with Crippen LogP contribution in [0.3, 0.4) is 0 Å². The maximum absolute atomic E-state index is 10.5. The van der Waals surface area contributed by atoms with Crippen molar-refractivity contribution in [2.75, 3.05) is 24.2 Å². The van der Waals surface area contributed by atoms with E-state index in [9.17, 15) is 4.79 Å². The zero-order chi connectivity index (χ0) is 12.0. The van der Waals surface area contributed by atoms with Gasteiger partial charge in [-0.2, -0.15) is 0 Å². The predicted molar refractivity (Wildman–Crippen MR) is 64.0 cm³/mol. The van der Waals surface area contributed by atoms with Gasteiger partial charge < -0.3 is 10.0 Å². The van der Waals surface area contributed by atoms with Gasteiger partial charge in [-0.05, 0) is 13.2 Å². The molecule has 0 unspecified atom stereocenters. The van der Waals surface area contributed by atoms with Crippen molar-refractivity contribution in [1.82, 2.24) is 9.97 Å². The molecule has 0 saturated heterocycles. The Balaban J connectivity index is 2.73. The minimum absolute atomic E-state index is 0.118. The topological polar surface area (TPSA) is 66.3 Å². The predicted octanol–water partition coefficient (Wildman–Crippen LogP) is 1.50. The van der Waals surface area contributed by atoms with Crippen LogP contribution < -0.4 is 4.90 Å². The molecule has 5 nitrogen and oxygen atoms in total. The van der Waals surface area contributed by atoms with Gasteiger partial charge in [0.2, 0.25) is 0 Å². The molecule has 0 radical (unpaired) electrons. The standard InChI is InChI=1S/C10H15N3O2S/c1-3-13(5-4-10(14)15)8-6-9(16-2)12-7-11-8/h6-7H,3-5H2,1-2H3,(H,14,15). The van der Waals surface area contributed by atoms with Crippen LogP contribution in [0.5, 0.6) is 0 Å². The van der Waals surface area contributed by atoms with Crippen LogP contribution in [0.1, 0.15) is 13.3 Å². The number of aromatic nitrogens is 2. The number of aliphatic carboxylic acids is 1. The molecule has 0 saturated carbocycles. The summed E-state index contributed by atoms with van der Waals surface area (Å²) in [5, 5.41) is 9.53. The number of rotatable bonds is 6. The van der Waals surface area contributed by atoms with Crippen LogP contribution in [-0.2, 0) is 4.79 Å². The van der Waals surface area contributed by atoms with Crippen molar-refractivity contribution >= 4 is 23.5 Å². The van der Waals surface area contributed by atoms with Crippen LogP contribution in [-0.4, -0.2) is 40.4 Å². The fourth-order valence-electron chi connectivity index (χ4n) is 1.28. The normalized spacial score (nSPS) is 10.1. The number of hydrogen-bond donors (Lipinski definition) is 1. The summed E-state index contributed by atoms with van der Waals surface area (Å²) in [6.45, 7) is 3.18. The molecule has 6 heteroatoms. The highest BCUT2D eigenvalue weighted by atomic mass is 32.2. The molecule has 0 aliphatic rings. The second kappa shape index (κ2) is 6.32. The average Bonchev–Trinajstić information content (AvgIpc) is 2.30. The molecule has 1 N–H and O–H groups in total. The van der Waals surface area contributed by atoms with E-state index in [-0.39, 0.29) is 6.42 Å². The molecule has 16 heavy (non-hydrogen) atoms. The van der Waals surface area contributed by atoms with Gasteiger partial charge in [-0.3, -0.25) is 4.79 Å². The van der Waals surface area contributed by atoms with Gasteiger partial charge in [-0.15, -0.1) is 11.8 Å². The number of anilines is 1. The first-order valence-corrected chi connectivity index (χ1v) is 6.22. The summed E-state index contributed by atoms with van der Waals surface area (Å²) in [4.78, 5) is 20.7. The Morgan fingerprint density at radius 3 is 2.88 bits per heavy atom. The lowest BCUT2D eigenvalue weighted by atomic mass is 10.3. The van der Waals surface area contributed by atoms with E-state index < -0.39 is 5.97 Å². The van der Waals surface area contributed by atoms with Gasteiger partial charge in [0.1, 0.15) is 17.2 Å². The van der Waals surface area contributed by atoms with E-state index in [0.29, 0.717) is 6.54 Å². The third-order valence-corrected chi connectivity index (χ3v) is 2.78. The number of thioether (sulfide) groups is 1. The second-order valence-electron chi connectivity index (χ2n) is 3.14. The minimum atomic E-state index is -0.794. The molecule has 0 aliphatic carbocycles. The number of carboxylic acids is 1. The molecule has 0 fully saturated rings. The first-order chi connectivity index (χ1) is 7.67. The van der Waals surface area contributed by atoms with Crippen molar-refractivity contribution < 1.29 is 9.90 Å². The van der Waals surface area contributed by atoms with Crippen molar-refractivity contribution in [2.45, 2.75) is 18.4 Å². The first-order valence-electron chi connectivity index (χ1n) is 5.00.